The molecule has 0 bridgehead atoms. The van der Waals surface area contributed by atoms with Gasteiger partial charge in [-0.2, -0.15) is 0 Å². The third kappa shape index (κ3) is 2.56. The van der Waals surface area contributed by atoms with Crippen LogP contribution in [0, 0.1) is 5.82 Å². The van der Waals surface area contributed by atoms with Gasteiger partial charge in [-0.15, -0.1) is 0 Å². The molecular formula is C11H14BrFN2. The molecule has 15 heavy (non-hydrogen) atoms. The van der Waals surface area contributed by atoms with Gasteiger partial charge in [0, 0.05) is 35.7 Å². The van der Waals surface area contributed by atoms with Gasteiger partial charge < -0.3 is 5.73 Å². The van der Waals surface area contributed by atoms with E-state index >= 15 is 0 Å². The molecule has 1 fully saturated rings. The van der Waals surface area contributed by atoms with Crippen LogP contribution >= 0.6 is 15.9 Å². The molecule has 0 aromatic heterocycles. The van der Waals surface area contributed by atoms with E-state index in [0.717, 1.165) is 29.5 Å². The van der Waals surface area contributed by atoms with Gasteiger partial charge in [0.15, 0.2) is 0 Å². The summed E-state index contributed by atoms with van der Waals surface area (Å²) in [5.41, 5.74) is 6.54. The first-order valence-corrected chi connectivity index (χ1v) is 5.87. The van der Waals surface area contributed by atoms with Gasteiger partial charge in [-0.3, -0.25) is 4.90 Å². The highest BCUT2D eigenvalue weighted by molar-refractivity contribution is 9.10. The Labute approximate surface area is 97.4 Å². The van der Waals surface area contributed by atoms with Crippen molar-refractivity contribution in [1.82, 2.24) is 4.90 Å². The minimum Gasteiger partial charge on any atom is -0.326 e. The summed E-state index contributed by atoms with van der Waals surface area (Å²) in [7, 11) is 0. The topological polar surface area (TPSA) is 29.3 Å². The van der Waals surface area contributed by atoms with Crippen molar-refractivity contribution in [3.8, 4) is 0 Å². The Balaban J connectivity index is 2.10. The van der Waals surface area contributed by atoms with Gasteiger partial charge in [0.05, 0.1) is 0 Å². The molecule has 0 spiro atoms. The molecule has 0 unspecified atom stereocenters. The predicted octanol–water partition coefficient (Wildman–Crippen LogP) is 2.12. The maximum Gasteiger partial charge on any atom is 0.128 e. The molecule has 2 N–H and O–H groups in total. The Hall–Kier alpha value is -0.450. The quantitative estimate of drug-likeness (QED) is 0.894. The van der Waals surface area contributed by atoms with E-state index < -0.39 is 0 Å². The molecule has 0 amide bonds. The third-order valence-electron chi connectivity index (χ3n) is 2.75. The van der Waals surface area contributed by atoms with E-state index in [1.165, 1.54) is 6.07 Å². The Morgan fingerprint density at radius 1 is 1.53 bits per heavy atom. The van der Waals surface area contributed by atoms with Gasteiger partial charge in [-0.25, -0.2) is 4.39 Å². The smallest absolute Gasteiger partial charge is 0.128 e. The first-order chi connectivity index (χ1) is 7.16. The number of hydrogen-bond acceptors (Lipinski definition) is 2. The first-order valence-electron chi connectivity index (χ1n) is 5.07. The summed E-state index contributed by atoms with van der Waals surface area (Å²) in [6, 6.07) is 5.32. The van der Waals surface area contributed by atoms with E-state index in [0.29, 0.717) is 6.54 Å². The monoisotopic (exact) mass is 272 g/mol. The molecule has 2 nitrogen and oxygen atoms in total. The molecule has 1 atom stereocenters. The maximum absolute atomic E-state index is 13.5. The highest BCUT2D eigenvalue weighted by Crippen LogP contribution is 2.22. The van der Waals surface area contributed by atoms with Crippen LogP contribution in [0.3, 0.4) is 0 Å². The summed E-state index contributed by atoms with van der Waals surface area (Å²) in [4.78, 5) is 2.19. The Morgan fingerprint density at radius 3 is 2.93 bits per heavy atom. The second-order valence-electron chi connectivity index (χ2n) is 3.98. The van der Waals surface area contributed by atoms with Crippen molar-refractivity contribution >= 4 is 15.9 Å². The second-order valence-corrected chi connectivity index (χ2v) is 4.84. The number of halogens is 2. The lowest BCUT2D eigenvalue weighted by molar-refractivity contribution is 0.320. The van der Waals surface area contributed by atoms with Crippen LogP contribution in [0.1, 0.15) is 12.0 Å². The van der Waals surface area contributed by atoms with Crippen LogP contribution in [0.2, 0.25) is 0 Å². The highest BCUT2D eigenvalue weighted by atomic mass is 79.9. The van der Waals surface area contributed by atoms with Gasteiger partial charge in [-0.1, -0.05) is 22.0 Å². The van der Waals surface area contributed by atoms with Gasteiger partial charge in [0.2, 0.25) is 0 Å². The van der Waals surface area contributed by atoms with Crippen LogP contribution in [-0.2, 0) is 6.54 Å². The van der Waals surface area contributed by atoms with Crippen molar-refractivity contribution in [2.45, 2.75) is 19.0 Å². The summed E-state index contributed by atoms with van der Waals surface area (Å²) in [5, 5.41) is 0. The van der Waals surface area contributed by atoms with Crippen molar-refractivity contribution in [3.05, 3.63) is 34.1 Å². The molecule has 1 aromatic rings. The molecular weight excluding hydrogens is 259 g/mol. The van der Waals surface area contributed by atoms with E-state index in [1.807, 2.05) is 6.07 Å². The van der Waals surface area contributed by atoms with Gasteiger partial charge >= 0.3 is 0 Å². The Bertz CT molecular complexity index is 336. The summed E-state index contributed by atoms with van der Waals surface area (Å²) in [6.45, 7) is 2.46. The molecule has 1 heterocycles. The zero-order valence-corrected chi connectivity index (χ0v) is 10.0. The minimum atomic E-state index is -0.148. The van der Waals surface area contributed by atoms with E-state index in [-0.39, 0.29) is 11.9 Å². The largest absolute Gasteiger partial charge is 0.326 e. The fourth-order valence-corrected chi connectivity index (χ4v) is 2.38. The van der Waals surface area contributed by atoms with E-state index in [4.69, 9.17) is 5.73 Å². The lowest BCUT2D eigenvalue weighted by atomic mass is 10.2. The normalized spacial score (nSPS) is 22.2. The number of nitrogens with two attached hydrogens (primary N) is 1. The number of likely N-dealkylation sites (tertiary alicyclic amines) is 1. The molecule has 1 aliphatic rings. The summed E-state index contributed by atoms with van der Waals surface area (Å²) in [6.07, 6.45) is 1.01. The van der Waals surface area contributed by atoms with Gasteiger partial charge in [-0.05, 0) is 18.6 Å². The molecule has 4 heteroatoms. The standard InChI is InChI=1S/C11H14BrFN2/c12-10-2-1-3-11(13)9(10)7-15-5-4-8(14)6-15/h1-3,8H,4-7,14H2/t8-/m0/s1. The number of nitrogens with zero attached hydrogens (tertiary/aromatic N) is 1. The van der Waals surface area contributed by atoms with E-state index in [9.17, 15) is 4.39 Å². The molecule has 0 aliphatic carbocycles. The number of rotatable bonds is 2. The van der Waals surface area contributed by atoms with Gasteiger partial charge in [0.1, 0.15) is 5.82 Å². The molecule has 1 aliphatic heterocycles. The van der Waals surface area contributed by atoms with Crippen LogP contribution in [0.25, 0.3) is 0 Å². The molecule has 82 valence electrons. The second kappa shape index (κ2) is 4.60. The molecule has 1 saturated heterocycles. The Kier molecular flexibility index (Phi) is 3.38. The summed E-state index contributed by atoms with van der Waals surface area (Å²) < 4.78 is 14.3. The minimum absolute atomic E-state index is 0.148. The van der Waals surface area contributed by atoms with Crippen molar-refractivity contribution in [1.29, 1.82) is 0 Å². The van der Waals surface area contributed by atoms with Crippen LogP contribution in [0.15, 0.2) is 22.7 Å². The fourth-order valence-electron chi connectivity index (χ4n) is 1.91. The SMILES string of the molecule is N[C@H]1CCN(Cc2c(F)cccc2Br)C1. The van der Waals surface area contributed by atoms with Crippen LogP contribution in [0.4, 0.5) is 4.39 Å². The van der Waals surface area contributed by atoms with Crippen LogP contribution in [0.5, 0.6) is 0 Å². The zero-order valence-electron chi connectivity index (χ0n) is 8.42. The maximum atomic E-state index is 13.5. The summed E-state index contributed by atoms with van der Waals surface area (Å²) in [5.74, 6) is -0.148. The van der Waals surface area contributed by atoms with Crippen molar-refractivity contribution in [2.75, 3.05) is 13.1 Å². The zero-order chi connectivity index (χ0) is 10.8. The number of benzene rings is 1. The first kappa shape index (κ1) is 11.0. The molecule has 1 aromatic carbocycles. The predicted molar refractivity (Wildman–Crippen MR) is 62.0 cm³/mol. The lowest BCUT2D eigenvalue weighted by Crippen LogP contribution is -2.26. The van der Waals surface area contributed by atoms with Crippen LogP contribution < -0.4 is 5.73 Å². The van der Waals surface area contributed by atoms with Crippen molar-refractivity contribution in [2.24, 2.45) is 5.73 Å². The van der Waals surface area contributed by atoms with Crippen molar-refractivity contribution < 1.29 is 4.39 Å². The van der Waals surface area contributed by atoms with Gasteiger partial charge in [0.25, 0.3) is 0 Å². The third-order valence-corrected chi connectivity index (χ3v) is 3.50. The average Bonchev–Trinajstić information content (AvgIpc) is 2.58. The fraction of sp³-hybridized carbons (Fsp3) is 0.455. The molecule has 0 saturated carbocycles. The van der Waals surface area contributed by atoms with Crippen molar-refractivity contribution in [3.63, 3.8) is 0 Å². The molecule has 2 rings (SSSR count). The summed E-state index contributed by atoms with van der Waals surface area (Å²) >= 11 is 3.37. The highest BCUT2D eigenvalue weighted by Gasteiger charge is 2.20. The van der Waals surface area contributed by atoms with E-state index in [2.05, 4.69) is 20.8 Å². The molecule has 0 radical (unpaired) electrons. The Morgan fingerprint density at radius 2 is 2.33 bits per heavy atom. The van der Waals surface area contributed by atoms with Crippen LogP contribution in [-0.4, -0.2) is 24.0 Å². The van der Waals surface area contributed by atoms with E-state index in [1.54, 1.807) is 6.07 Å². The average molecular weight is 273 g/mol. The number of hydrogen-bond donors (Lipinski definition) is 1. The lowest BCUT2D eigenvalue weighted by Gasteiger charge is -2.16.